The summed E-state index contributed by atoms with van der Waals surface area (Å²) in [6, 6.07) is 1.45. The number of ether oxygens (including phenoxy) is 1. The molecule has 0 aliphatic carbocycles. The van der Waals surface area contributed by atoms with E-state index in [4.69, 9.17) is 4.74 Å². The van der Waals surface area contributed by atoms with Crippen LogP contribution >= 0.6 is 0 Å². The Labute approximate surface area is 153 Å². The highest BCUT2D eigenvalue weighted by molar-refractivity contribution is 5.77. The Hall–Kier alpha value is -2.36. The third-order valence-corrected chi connectivity index (χ3v) is 3.96. The molecule has 0 aromatic heterocycles. The number of rotatable bonds is 4. The van der Waals surface area contributed by atoms with E-state index >= 15 is 0 Å². The van der Waals surface area contributed by atoms with Crippen LogP contribution in [0.15, 0.2) is 12.1 Å². The number of alkyl halides is 3. The first-order valence-electron chi connectivity index (χ1n) is 8.31. The second-order valence-electron chi connectivity index (χ2n) is 7.40. The van der Waals surface area contributed by atoms with Gasteiger partial charge in [-0.15, -0.1) is 0 Å². The summed E-state index contributed by atoms with van der Waals surface area (Å²) in [6.45, 7) is 5.27. The number of hydrogen-bond acceptors (Lipinski definition) is 6. The molecule has 0 radical (unpaired) electrons. The second-order valence-corrected chi connectivity index (χ2v) is 7.40. The average molecular weight is 390 g/mol. The van der Waals surface area contributed by atoms with Crippen LogP contribution in [0.1, 0.15) is 38.3 Å². The van der Waals surface area contributed by atoms with Crippen molar-refractivity contribution in [2.75, 3.05) is 18.0 Å². The summed E-state index contributed by atoms with van der Waals surface area (Å²) in [5.41, 5.74) is -3.23. The number of nitro groups is 1. The Morgan fingerprint density at radius 2 is 2.00 bits per heavy atom. The molecule has 7 nitrogen and oxygen atoms in total. The molecule has 150 valence electrons. The smallest absolute Gasteiger partial charge is 0.423 e. The maximum atomic E-state index is 13.3. The van der Waals surface area contributed by atoms with Gasteiger partial charge < -0.3 is 14.7 Å². The molecule has 1 atom stereocenters. The van der Waals surface area contributed by atoms with Crippen LogP contribution in [0.2, 0.25) is 0 Å². The topological polar surface area (TPSA) is 92.9 Å². The number of aliphatic hydroxyl groups excluding tert-OH is 1. The van der Waals surface area contributed by atoms with Crippen LogP contribution in [0.4, 0.5) is 24.5 Å². The first kappa shape index (κ1) is 20.9. The highest BCUT2D eigenvalue weighted by Gasteiger charge is 2.40. The number of esters is 1. The molecule has 1 aromatic carbocycles. The Morgan fingerprint density at radius 3 is 2.44 bits per heavy atom. The van der Waals surface area contributed by atoms with Crippen LogP contribution in [0.3, 0.4) is 0 Å². The van der Waals surface area contributed by atoms with E-state index in [9.17, 15) is 33.2 Å². The standard InChI is InChI=1S/C17H21F3N2O5/c1-16(2,3)27-15(24)7-10-6-14(22(25)26)12(17(18,19)20)8-13(10)21-5-4-11(23)9-21/h6,8,11,23H,4-5,7,9H2,1-3H3/t11-/m1/s1. The van der Waals surface area contributed by atoms with E-state index in [-0.39, 0.29) is 24.3 Å². The molecule has 0 bridgehead atoms. The van der Waals surface area contributed by atoms with Crippen LogP contribution in [-0.4, -0.2) is 40.8 Å². The van der Waals surface area contributed by atoms with Crippen molar-refractivity contribution < 1.29 is 32.7 Å². The van der Waals surface area contributed by atoms with Gasteiger partial charge in [0, 0.05) is 24.8 Å². The molecular formula is C17H21F3N2O5. The lowest BCUT2D eigenvalue weighted by molar-refractivity contribution is -0.388. The molecule has 10 heteroatoms. The maximum absolute atomic E-state index is 13.3. The molecule has 1 aliphatic rings. The van der Waals surface area contributed by atoms with Gasteiger partial charge in [0.25, 0.3) is 5.69 Å². The molecule has 0 spiro atoms. The van der Waals surface area contributed by atoms with Crippen molar-refractivity contribution >= 4 is 17.3 Å². The van der Waals surface area contributed by atoms with Crippen LogP contribution in [0.25, 0.3) is 0 Å². The summed E-state index contributed by atoms with van der Waals surface area (Å²) in [6.07, 6.45) is -5.72. The molecule has 0 saturated carbocycles. The Kier molecular flexibility index (Phi) is 5.69. The number of β-amino-alcohol motifs (C(OH)–C–C–N with tert-alkyl or cyclic N) is 1. The summed E-state index contributed by atoms with van der Waals surface area (Å²) in [7, 11) is 0. The molecule has 1 aliphatic heterocycles. The van der Waals surface area contributed by atoms with Gasteiger partial charge in [-0.1, -0.05) is 0 Å². The van der Waals surface area contributed by atoms with Crippen LogP contribution in [0.5, 0.6) is 0 Å². The number of halogens is 3. The van der Waals surface area contributed by atoms with Crippen LogP contribution in [0, 0.1) is 10.1 Å². The summed E-state index contributed by atoms with van der Waals surface area (Å²) in [4.78, 5) is 23.7. The third kappa shape index (κ3) is 5.31. The molecule has 0 unspecified atom stereocenters. The average Bonchev–Trinajstić information content (AvgIpc) is 2.89. The Bertz CT molecular complexity index is 743. The molecule has 1 heterocycles. The number of anilines is 1. The van der Waals surface area contributed by atoms with E-state index in [1.807, 2.05) is 0 Å². The van der Waals surface area contributed by atoms with Gasteiger partial charge in [-0.2, -0.15) is 13.2 Å². The van der Waals surface area contributed by atoms with Crippen molar-refractivity contribution in [3.63, 3.8) is 0 Å². The van der Waals surface area contributed by atoms with Crippen LogP contribution < -0.4 is 4.90 Å². The fourth-order valence-corrected chi connectivity index (χ4v) is 2.93. The molecule has 1 aromatic rings. The zero-order valence-corrected chi connectivity index (χ0v) is 15.2. The van der Waals surface area contributed by atoms with E-state index in [0.717, 1.165) is 6.07 Å². The number of carbonyl (C=O) groups excluding carboxylic acids is 1. The normalized spacial score (nSPS) is 17.9. The Morgan fingerprint density at radius 1 is 1.37 bits per heavy atom. The fourth-order valence-electron chi connectivity index (χ4n) is 2.93. The SMILES string of the molecule is CC(C)(C)OC(=O)Cc1cc([N+](=O)[O-])c(C(F)(F)F)cc1N1CC[C@@H](O)C1. The largest absolute Gasteiger partial charge is 0.460 e. The number of hydrogen-bond donors (Lipinski definition) is 1. The lowest BCUT2D eigenvalue weighted by Gasteiger charge is -2.24. The van der Waals surface area contributed by atoms with Gasteiger partial charge in [-0.05, 0) is 38.8 Å². The lowest BCUT2D eigenvalue weighted by Crippen LogP contribution is -2.27. The number of aliphatic hydroxyl groups is 1. The van der Waals surface area contributed by atoms with Crippen molar-refractivity contribution in [3.05, 3.63) is 33.4 Å². The fraction of sp³-hybridized carbons (Fsp3) is 0.588. The third-order valence-electron chi connectivity index (χ3n) is 3.96. The number of nitro benzene ring substituents is 1. The van der Waals surface area contributed by atoms with Crippen molar-refractivity contribution in [1.29, 1.82) is 0 Å². The molecular weight excluding hydrogens is 369 g/mol. The molecule has 1 fully saturated rings. The highest BCUT2D eigenvalue weighted by atomic mass is 19.4. The number of nitrogens with zero attached hydrogens (tertiary/aromatic N) is 2. The maximum Gasteiger partial charge on any atom is 0.423 e. The monoisotopic (exact) mass is 390 g/mol. The van der Waals surface area contributed by atoms with E-state index in [0.29, 0.717) is 12.5 Å². The van der Waals surface area contributed by atoms with Gasteiger partial charge in [0.15, 0.2) is 0 Å². The zero-order chi connectivity index (χ0) is 20.6. The predicted molar refractivity (Wildman–Crippen MR) is 90.5 cm³/mol. The molecule has 0 amide bonds. The van der Waals surface area contributed by atoms with E-state index < -0.39 is 46.4 Å². The molecule has 27 heavy (non-hydrogen) atoms. The first-order valence-corrected chi connectivity index (χ1v) is 8.31. The molecule has 1 N–H and O–H groups in total. The van der Waals surface area contributed by atoms with Gasteiger partial charge in [0.2, 0.25) is 0 Å². The van der Waals surface area contributed by atoms with Crippen molar-refractivity contribution in [3.8, 4) is 0 Å². The van der Waals surface area contributed by atoms with Gasteiger partial charge in [-0.25, -0.2) is 0 Å². The first-order chi connectivity index (χ1) is 12.3. The summed E-state index contributed by atoms with van der Waals surface area (Å²) >= 11 is 0. The van der Waals surface area contributed by atoms with Crippen molar-refractivity contribution in [2.45, 2.75) is 51.5 Å². The van der Waals surface area contributed by atoms with Gasteiger partial charge in [0.05, 0.1) is 17.4 Å². The quantitative estimate of drug-likeness (QED) is 0.483. The Balaban J connectivity index is 2.53. The highest BCUT2D eigenvalue weighted by Crippen LogP contribution is 2.41. The molecule has 2 rings (SSSR count). The van der Waals surface area contributed by atoms with Crippen LogP contribution in [-0.2, 0) is 22.1 Å². The van der Waals surface area contributed by atoms with Gasteiger partial charge in [-0.3, -0.25) is 14.9 Å². The minimum absolute atomic E-state index is 0.0373. The number of benzene rings is 1. The lowest BCUT2D eigenvalue weighted by atomic mass is 10.0. The van der Waals surface area contributed by atoms with Gasteiger partial charge >= 0.3 is 12.1 Å². The van der Waals surface area contributed by atoms with E-state index in [2.05, 4.69) is 0 Å². The summed E-state index contributed by atoms with van der Waals surface area (Å²) in [5, 5.41) is 20.9. The van der Waals surface area contributed by atoms with E-state index in [1.165, 1.54) is 4.90 Å². The second kappa shape index (κ2) is 7.34. The minimum Gasteiger partial charge on any atom is -0.460 e. The summed E-state index contributed by atoms with van der Waals surface area (Å²) in [5.74, 6) is -0.711. The predicted octanol–water partition coefficient (Wildman–Crippen LogP) is 3.07. The zero-order valence-electron chi connectivity index (χ0n) is 15.2. The van der Waals surface area contributed by atoms with Gasteiger partial charge in [0.1, 0.15) is 11.2 Å². The van der Waals surface area contributed by atoms with Crippen molar-refractivity contribution in [2.24, 2.45) is 0 Å². The molecule has 1 saturated heterocycles. The number of carbonyl (C=O) groups is 1. The van der Waals surface area contributed by atoms with Crippen molar-refractivity contribution in [1.82, 2.24) is 0 Å². The van der Waals surface area contributed by atoms with E-state index in [1.54, 1.807) is 20.8 Å². The minimum atomic E-state index is -4.93. The summed E-state index contributed by atoms with van der Waals surface area (Å²) < 4.78 is 45.1.